The van der Waals surface area contributed by atoms with Crippen molar-refractivity contribution in [1.82, 2.24) is 0 Å². The third kappa shape index (κ3) is 4.13. The molecule has 22 heavy (non-hydrogen) atoms. The normalized spacial score (nSPS) is 14.7. The van der Waals surface area contributed by atoms with E-state index in [1.165, 1.54) is 13.8 Å². The number of halogens is 6. The summed E-state index contributed by atoms with van der Waals surface area (Å²) in [4.78, 5) is 0. The molecule has 0 amide bonds. The maximum absolute atomic E-state index is 13.6. The Hall–Kier alpha value is 0.513. The van der Waals surface area contributed by atoms with Gasteiger partial charge in [-0.2, -0.15) is 0 Å². The first kappa shape index (κ1) is 22.5. The van der Waals surface area contributed by atoms with Gasteiger partial charge >= 0.3 is 132 Å². The second-order valence-corrected chi connectivity index (χ2v) is 18.0. The van der Waals surface area contributed by atoms with Crippen LogP contribution in [-0.2, 0) is 3.76 Å². The Labute approximate surface area is 132 Å². The van der Waals surface area contributed by atoms with Gasteiger partial charge in [-0.15, -0.1) is 0 Å². The van der Waals surface area contributed by atoms with Crippen molar-refractivity contribution in [3.63, 3.8) is 0 Å². The molecule has 0 atom stereocenters. The van der Waals surface area contributed by atoms with Crippen molar-refractivity contribution < 1.29 is 30.1 Å². The predicted molar refractivity (Wildman–Crippen MR) is 81.1 cm³/mol. The molecule has 0 rings (SSSR count). The standard InChI is InChI=1S/C13H25F6GeOP/c1-6-20(7-2,8-3)21-11(12(14,15)16,13(17,18)19)22(9-4)10-5/h6-10H2,1-5H3. The summed E-state index contributed by atoms with van der Waals surface area (Å²) >= 11 is -3.68. The monoisotopic (exact) mass is 416 g/mol. The summed E-state index contributed by atoms with van der Waals surface area (Å²) in [5.74, 6) is 0. The van der Waals surface area contributed by atoms with E-state index < -0.39 is 39.2 Å². The first-order valence-corrected chi connectivity index (χ1v) is 14.5. The van der Waals surface area contributed by atoms with Crippen LogP contribution in [0.25, 0.3) is 0 Å². The van der Waals surface area contributed by atoms with Crippen LogP contribution >= 0.6 is 7.92 Å². The minimum atomic E-state index is -5.45. The fourth-order valence-electron chi connectivity index (χ4n) is 2.65. The van der Waals surface area contributed by atoms with E-state index in [2.05, 4.69) is 0 Å². The molecule has 0 saturated carbocycles. The van der Waals surface area contributed by atoms with E-state index in [0.717, 1.165) is 0 Å². The van der Waals surface area contributed by atoms with Gasteiger partial charge in [0.2, 0.25) is 0 Å². The molecule has 0 aromatic carbocycles. The molecule has 0 bridgehead atoms. The van der Waals surface area contributed by atoms with Crippen molar-refractivity contribution in [3.05, 3.63) is 0 Å². The van der Waals surface area contributed by atoms with Crippen LogP contribution in [0.1, 0.15) is 34.6 Å². The third-order valence-electron chi connectivity index (χ3n) is 4.27. The van der Waals surface area contributed by atoms with E-state index in [1.54, 1.807) is 20.8 Å². The van der Waals surface area contributed by atoms with Gasteiger partial charge in [-0.05, 0) is 0 Å². The molecule has 0 radical (unpaired) electrons. The van der Waals surface area contributed by atoms with Gasteiger partial charge in [0.25, 0.3) is 0 Å². The second kappa shape index (κ2) is 8.06. The molecular formula is C13H25F6GeOP. The van der Waals surface area contributed by atoms with Gasteiger partial charge in [0.15, 0.2) is 0 Å². The van der Waals surface area contributed by atoms with E-state index >= 15 is 0 Å². The summed E-state index contributed by atoms with van der Waals surface area (Å²) in [5.41, 5.74) is 0. The van der Waals surface area contributed by atoms with Crippen LogP contribution in [0.3, 0.4) is 0 Å². The molecular weight excluding hydrogens is 390 g/mol. The van der Waals surface area contributed by atoms with E-state index in [-0.39, 0.29) is 28.1 Å². The van der Waals surface area contributed by atoms with Crippen molar-refractivity contribution in [2.45, 2.75) is 68.1 Å². The van der Waals surface area contributed by atoms with Crippen molar-refractivity contribution >= 4 is 21.5 Å². The summed E-state index contributed by atoms with van der Waals surface area (Å²) in [6.45, 7) is 7.69. The summed E-state index contributed by atoms with van der Waals surface area (Å²) in [6.07, 6.45) is -11.2. The van der Waals surface area contributed by atoms with Gasteiger partial charge in [0.05, 0.1) is 0 Å². The van der Waals surface area contributed by atoms with Crippen molar-refractivity contribution in [2.24, 2.45) is 0 Å². The van der Waals surface area contributed by atoms with Crippen LogP contribution < -0.4 is 0 Å². The van der Waals surface area contributed by atoms with Crippen molar-refractivity contribution in [1.29, 1.82) is 0 Å². The van der Waals surface area contributed by atoms with Gasteiger partial charge < -0.3 is 0 Å². The van der Waals surface area contributed by atoms with Gasteiger partial charge in [-0.25, -0.2) is 0 Å². The second-order valence-electron chi connectivity index (χ2n) is 5.16. The first-order chi connectivity index (χ1) is 9.91. The van der Waals surface area contributed by atoms with E-state index in [0.29, 0.717) is 0 Å². The fraction of sp³-hybridized carbons (Fsp3) is 1.00. The average Bonchev–Trinajstić information content (AvgIpc) is 2.41. The van der Waals surface area contributed by atoms with E-state index in [9.17, 15) is 26.3 Å². The Bertz CT molecular complexity index is 314. The van der Waals surface area contributed by atoms with Crippen molar-refractivity contribution in [2.75, 3.05) is 12.3 Å². The Morgan fingerprint density at radius 1 is 0.727 bits per heavy atom. The fourth-order valence-corrected chi connectivity index (χ4v) is 12.5. The molecule has 0 N–H and O–H groups in total. The maximum atomic E-state index is 13.6. The molecule has 0 aliphatic heterocycles. The summed E-state index contributed by atoms with van der Waals surface area (Å²) < 4.78 is 87.0. The zero-order valence-electron chi connectivity index (χ0n) is 13.7. The Kier molecular flexibility index (Phi) is 8.25. The predicted octanol–water partition coefficient (Wildman–Crippen LogP) is 6.35. The Morgan fingerprint density at radius 2 is 1.05 bits per heavy atom. The Morgan fingerprint density at radius 3 is 1.23 bits per heavy atom. The van der Waals surface area contributed by atoms with E-state index in [4.69, 9.17) is 3.76 Å². The molecule has 9 heteroatoms. The molecule has 1 nitrogen and oxygen atoms in total. The van der Waals surface area contributed by atoms with Gasteiger partial charge in [0.1, 0.15) is 0 Å². The molecule has 0 saturated heterocycles. The topological polar surface area (TPSA) is 9.23 Å². The van der Waals surface area contributed by atoms with Crippen LogP contribution in [0.5, 0.6) is 0 Å². The summed E-state index contributed by atoms with van der Waals surface area (Å²) in [6, 6.07) is 0. The van der Waals surface area contributed by atoms with Gasteiger partial charge in [-0.3, -0.25) is 0 Å². The first-order valence-electron chi connectivity index (χ1n) is 7.49. The molecule has 134 valence electrons. The molecule has 0 aliphatic carbocycles. The Balaban J connectivity index is 6.30. The molecule has 0 unspecified atom stereocenters. The van der Waals surface area contributed by atoms with Crippen molar-refractivity contribution in [3.8, 4) is 0 Å². The van der Waals surface area contributed by atoms with Crippen LogP contribution in [0, 0.1) is 0 Å². The number of hydrogen-bond acceptors (Lipinski definition) is 1. The quantitative estimate of drug-likeness (QED) is 0.255. The molecule has 0 aliphatic rings. The SMILES string of the molecule is CCP(CC)C([O][Ge]([CH2]C)([CH2]C)[CH2]C)(C(F)(F)F)C(F)(F)F. The molecule has 0 spiro atoms. The molecule has 0 fully saturated rings. The minimum absolute atomic E-state index is 0.166. The van der Waals surface area contributed by atoms with Crippen LogP contribution in [0.4, 0.5) is 26.3 Å². The average molecular weight is 415 g/mol. The third-order valence-corrected chi connectivity index (χ3v) is 17.3. The molecule has 0 aromatic rings. The van der Waals surface area contributed by atoms with Crippen LogP contribution in [0.15, 0.2) is 0 Å². The number of rotatable bonds is 8. The number of alkyl halides is 6. The van der Waals surface area contributed by atoms with Crippen LogP contribution in [-0.4, -0.2) is 43.6 Å². The molecule has 0 aromatic heterocycles. The molecule has 0 heterocycles. The van der Waals surface area contributed by atoms with E-state index in [1.807, 2.05) is 0 Å². The van der Waals surface area contributed by atoms with Gasteiger partial charge in [0, 0.05) is 0 Å². The van der Waals surface area contributed by atoms with Gasteiger partial charge in [-0.1, -0.05) is 0 Å². The summed E-state index contributed by atoms with van der Waals surface area (Å²) in [5, 5.41) is -3.10. The summed E-state index contributed by atoms with van der Waals surface area (Å²) in [7, 11) is -2.39. The zero-order valence-corrected chi connectivity index (χ0v) is 16.7. The zero-order chi connectivity index (χ0) is 17.8. The number of hydrogen-bond donors (Lipinski definition) is 0. The van der Waals surface area contributed by atoms with Crippen LogP contribution in [0.2, 0.25) is 15.8 Å².